The Balaban J connectivity index is 2.06. The van der Waals surface area contributed by atoms with E-state index in [2.05, 4.69) is 46.6 Å². The second-order valence-corrected chi connectivity index (χ2v) is 5.44. The molecule has 0 radical (unpaired) electrons. The molecule has 2 heterocycles. The zero-order valence-electron chi connectivity index (χ0n) is 11.0. The van der Waals surface area contributed by atoms with E-state index in [4.69, 9.17) is 0 Å². The smallest absolute Gasteiger partial charge is 0.0312 e. The zero-order valence-corrected chi connectivity index (χ0v) is 11.9. The van der Waals surface area contributed by atoms with Gasteiger partial charge in [-0.3, -0.25) is 9.88 Å². The Labute approximate surface area is 113 Å². The summed E-state index contributed by atoms with van der Waals surface area (Å²) in [6, 6.07) is 6.96. The van der Waals surface area contributed by atoms with Crippen molar-refractivity contribution >= 4 is 11.3 Å². The largest absolute Gasteiger partial charge is 0.292 e. The number of pyridine rings is 1. The highest BCUT2D eigenvalue weighted by atomic mass is 32.1. The van der Waals surface area contributed by atoms with Gasteiger partial charge in [0.2, 0.25) is 0 Å². The van der Waals surface area contributed by atoms with E-state index in [-0.39, 0.29) is 0 Å². The predicted octanol–water partition coefficient (Wildman–Crippen LogP) is 3.94. The molecule has 3 heteroatoms. The third-order valence-corrected chi connectivity index (χ3v) is 4.02. The van der Waals surface area contributed by atoms with Gasteiger partial charge in [0.15, 0.2) is 0 Å². The normalized spacial score (nSPS) is 12.8. The number of thiophene rings is 1. The predicted molar refractivity (Wildman–Crippen MR) is 77.6 cm³/mol. The molecular weight excluding hydrogens is 240 g/mol. The van der Waals surface area contributed by atoms with Gasteiger partial charge in [0.05, 0.1) is 0 Å². The average molecular weight is 260 g/mol. The lowest BCUT2D eigenvalue weighted by molar-refractivity contribution is 0.186. The molecular formula is C15H20N2S. The molecule has 0 saturated carbocycles. The molecule has 2 rings (SSSR count). The standard InChI is InChI=1S/C15H20N2S/c1-3-13(2)17(11-15-6-8-18-12-15)10-14-5-4-7-16-9-14/h4-9,12-13H,3,10-11H2,1-2H3. The lowest BCUT2D eigenvalue weighted by Gasteiger charge is -2.28. The minimum absolute atomic E-state index is 0.588. The summed E-state index contributed by atoms with van der Waals surface area (Å²) in [4.78, 5) is 6.71. The molecule has 0 spiro atoms. The van der Waals surface area contributed by atoms with Crippen molar-refractivity contribution in [1.82, 2.24) is 9.88 Å². The molecule has 0 amide bonds. The first-order chi connectivity index (χ1) is 8.79. The second-order valence-electron chi connectivity index (χ2n) is 4.66. The van der Waals surface area contributed by atoms with Crippen LogP contribution < -0.4 is 0 Å². The van der Waals surface area contributed by atoms with Gasteiger partial charge in [-0.15, -0.1) is 0 Å². The molecule has 18 heavy (non-hydrogen) atoms. The molecule has 2 aromatic rings. The van der Waals surface area contributed by atoms with Crippen LogP contribution in [0, 0.1) is 0 Å². The fourth-order valence-electron chi connectivity index (χ4n) is 1.97. The Hall–Kier alpha value is -1.19. The zero-order chi connectivity index (χ0) is 12.8. The lowest BCUT2D eigenvalue weighted by Crippen LogP contribution is -2.31. The second kappa shape index (κ2) is 6.66. The van der Waals surface area contributed by atoms with Crippen molar-refractivity contribution in [3.8, 4) is 0 Å². The van der Waals surface area contributed by atoms with Crippen LogP contribution >= 0.6 is 11.3 Å². The Morgan fingerprint density at radius 3 is 2.72 bits per heavy atom. The van der Waals surface area contributed by atoms with E-state index in [9.17, 15) is 0 Å². The summed E-state index contributed by atoms with van der Waals surface area (Å²) in [5.74, 6) is 0. The molecule has 0 fully saturated rings. The van der Waals surface area contributed by atoms with Crippen molar-refractivity contribution in [2.45, 2.75) is 39.4 Å². The maximum Gasteiger partial charge on any atom is 0.0312 e. The molecule has 1 unspecified atom stereocenters. The molecule has 0 aromatic carbocycles. The molecule has 0 aliphatic rings. The van der Waals surface area contributed by atoms with E-state index in [1.165, 1.54) is 17.5 Å². The van der Waals surface area contributed by atoms with Gasteiger partial charge < -0.3 is 0 Å². The summed E-state index contributed by atoms with van der Waals surface area (Å²) < 4.78 is 0. The molecule has 0 bridgehead atoms. The highest BCUT2D eigenvalue weighted by Gasteiger charge is 2.13. The Morgan fingerprint density at radius 2 is 2.11 bits per heavy atom. The third kappa shape index (κ3) is 3.65. The minimum Gasteiger partial charge on any atom is -0.292 e. The van der Waals surface area contributed by atoms with E-state index >= 15 is 0 Å². The van der Waals surface area contributed by atoms with Crippen molar-refractivity contribution < 1.29 is 0 Å². The molecule has 0 aliphatic heterocycles. The van der Waals surface area contributed by atoms with Crippen LogP contribution in [0.2, 0.25) is 0 Å². The van der Waals surface area contributed by atoms with Gasteiger partial charge in [-0.1, -0.05) is 13.0 Å². The van der Waals surface area contributed by atoms with Crippen LogP contribution in [0.5, 0.6) is 0 Å². The van der Waals surface area contributed by atoms with Crippen molar-refractivity contribution in [3.63, 3.8) is 0 Å². The summed E-state index contributed by atoms with van der Waals surface area (Å²) in [5.41, 5.74) is 2.69. The minimum atomic E-state index is 0.588. The molecule has 96 valence electrons. The molecule has 1 atom stereocenters. The monoisotopic (exact) mass is 260 g/mol. The molecule has 0 aliphatic carbocycles. The van der Waals surface area contributed by atoms with Crippen molar-refractivity contribution in [3.05, 3.63) is 52.5 Å². The maximum atomic E-state index is 4.20. The molecule has 2 nitrogen and oxygen atoms in total. The summed E-state index contributed by atoms with van der Waals surface area (Å²) in [5, 5.41) is 4.38. The van der Waals surface area contributed by atoms with E-state index < -0.39 is 0 Å². The fraction of sp³-hybridized carbons (Fsp3) is 0.400. The van der Waals surface area contributed by atoms with Crippen LogP contribution in [0.3, 0.4) is 0 Å². The van der Waals surface area contributed by atoms with Crippen molar-refractivity contribution in [2.75, 3.05) is 0 Å². The van der Waals surface area contributed by atoms with E-state index in [1.54, 1.807) is 11.3 Å². The molecule has 0 saturated heterocycles. The van der Waals surface area contributed by atoms with Crippen LogP contribution in [0.25, 0.3) is 0 Å². The van der Waals surface area contributed by atoms with Gasteiger partial charge in [-0.25, -0.2) is 0 Å². The molecule has 2 aromatic heterocycles. The van der Waals surface area contributed by atoms with Gasteiger partial charge in [0.1, 0.15) is 0 Å². The Kier molecular flexibility index (Phi) is 4.90. The highest BCUT2D eigenvalue weighted by Crippen LogP contribution is 2.16. The quantitative estimate of drug-likeness (QED) is 0.782. The highest BCUT2D eigenvalue weighted by molar-refractivity contribution is 7.07. The fourth-order valence-corrected chi connectivity index (χ4v) is 2.63. The number of hydrogen-bond donors (Lipinski definition) is 0. The Morgan fingerprint density at radius 1 is 1.28 bits per heavy atom. The molecule has 0 N–H and O–H groups in total. The van der Waals surface area contributed by atoms with Crippen molar-refractivity contribution in [2.24, 2.45) is 0 Å². The topological polar surface area (TPSA) is 16.1 Å². The summed E-state index contributed by atoms with van der Waals surface area (Å²) in [6.45, 7) is 6.53. The van der Waals surface area contributed by atoms with E-state index in [1.807, 2.05) is 18.5 Å². The number of aromatic nitrogens is 1. The first kappa shape index (κ1) is 13.2. The average Bonchev–Trinajstić information content (AvgIpc) is 2.91. The maximum absolute atomic E-state index is 4.20. The number of nitrogens with zero attached hydrogens (tertiary/aromatic N) is 2. The Bertz CT molecular complexity index is 439. The van der Waals surface area contributed by atoms with Gasteiger partial charge in [0, 0.05) is 31.5 Å². The first-order valence-corrected chi connectivity index (χ1v) is 7.38. The number of hydrogen-bond acceptors (Lipinski definition) is 3. The lowest BCUT2D eigenvalue weighted by atomic mass is 10.1. The SMILES string of the molecule is CCC(C)N(Cc1cccnc1)Cc1ccsc1. The first-order valence-electron chi connectivity index (χ1n) is 6.43. The number of rotatable bonds is 6. The van der Waals surface area contributed by atoms with E-state index in [0.717, 1.165) is 13.1 Å². The van der Waals surface area contributed by atoms with Crippen molar-refractivity contribution in [1.29, 1.82) is 0 Å². The van der Waals surface area contributed by atoms with Gasteiger partial charge in [-0.05, 0) is 47.4 Å². The van der Waals surface area contributed by atoms with Gasteiger partial charge in [0.25, 0.3) is 0 Å². The van der Waals surface area contributed by atoms with Crippen LogP contribution in [-0.4, -0.2) is 15.9 Å². The summed E-state index contributed by atoms with van der Waals surface area (Å²) >= 11 is 1.77. The van der Waals surface area contributed by atoms with Crippen LogP contribution in [0.15, 0.2) is 41.4 Å². The van der Waals surface area contributed by atoms with E-state index in [0.29, 0.717) is 6.04 Å². The van der Waals surface area contributed by atoms with Crippen LogP contribution in [-0.2, 0) is 13.1 Å². The van der Waals surface area contributed by atoms with Gasteiger partial charge in [-0.2, -0.15) is 11.3 Å². The summed E-state index contributed by atoms with van der Waals surface area (Å²) in [7, 11) is 0. The van der Waals surface area contributed by atoms with Crippen LogP contribution in [0.4, 0.5) is 0 Å². The van der Waals surface area contributed by atoms with Gasteiger partial charge >= 0.3 is 0 Å². The van der Waals surface area contributed by atoms with Crippen LogP contribution in [0.1, 0.15) is 31.4 Å². The summed E-state index contributed by atoms with van der Waals surface area (Å²) in [6.07, 6.45) is 4.96. The third-order valence-electron chi connectivity index (χ3n) is 3.29.